The molecule has 0 amide bonds. The first-order chi connectivity index (χ1) is 27.8. The number of hydrogen-bond acceptors (Lipinski definition) is 9. The number of thioether (sulfide) groups is 4. The highest BCUT2D eigenvalue weighted by Crippen LogP contribution is 2.49. The van der Waals surface area contributed by atoms with Gasteiger partial charge in [0.05, 0.1) is 20.8 Å². The summed E-state index contributed by atoms with van der Waals surface area (Å²) in [5.74, 6) is -0.358. The van der Waals surface area contributed by atoms with Crippen molar-refractivity contribution in [3.63, 3.8) is 0 Å². The van der Waals surface area contributed by atoms with E-state index in [1.165, 1.54) is 115 Å². The Hall–Kier alpha value is -2.38. The van der Waals surface area contributed by atoms with E-state index in [9.17, 15) is 13.0 Å². The predicted molar refractivity (Wildman–Crippen MR) is 246 cm³/mol. The second-order valence-electron chi connectivity index (χ2n) is 15.5. The Morgan fingerprint density at radius 2 is 1.51 bits per heavy atom. The first kappa shape index (κ1) is 41.4. The third-order valence-corrected chi connectivity index (χ3v) is 18.3. The fourth-order valence-corrected chi connectivity index (χ4v) is 14.6. The van der Waals surface area contributed by atoms with Gasteiger partial charge in [-0.1, -0.05) is 104 Å². The maximum atomic E-state index is 11.6. The quantitative estimate of drug-likeness (QED) is 0.0972. The second-order valence-corrected chi connectivity index (χ2v) is 23.0. The van der Waals surface area contributed by atoms with E-state index in [-0.39, 0.29) is 5.75 Å². The van der Waals surface area contributed by atoms with Crippen LogP contribution in [0.2, 0.25) is 0 Å². The summed E-state index contributed by atoms with van der Waals surface area (Å²) in [6.45, 7) is 0.483. The number of thiazole rings is 1. The smallest absolute Gasteiger partial charge is 0.262 e. The average Bonchev–Trinajstić information content (AvgIpc) is 3.72. The number of aromatic nitrogens is 1. The van der Waals surface area contributed by atoms with Gasteiger partial charge < -0.3 is 9.45 Å². The molecule has 0 spiro atoms. The van der Waals surface area contributed by atoms with Crippen molar-refractivity contribution >= 4 is 90.5 Å². The number of nitrogens with zero attached hydrogens (tertiary/aromatic N) is 2. The van der Waals surface area contributed by atoms with E-state index in [2.05, 4.69) is 119 Å². The molecule has 5 nitrogen and oxygen atoms in total. The molecule has 3 aromatic carbocycles. The monoisotopic (exact) mass is 872 g/mol. The van der Waals surface area contributed by atoms with E-state index in [4.69, 9.17) is 0 Å². The van der Waals surface area contributed by atoms with Crippen molar-refractivity contribution in [3.8, 4) is 0 Å². The maximum absolute atomic E-state index is 11.6. The largest absolute Gasteiger partial charge is 0.748 e. The minimum absolute atomic E-state index is 0.291. The highest BCUT2D eigenvalue weighted by molar-refractivity contribution is 8.04. The lowest BCUT2D eigenvalue weighted by Crippen LogP contribution is -2.28. The van der Waals surface area contributed by atoms with Crippen LogP contribution in [-0.4, -0.2) is 35.8 Å². The zero-order valence-electron chi connectivity index (χ0n) is 32.7. The van der Waals surface area contributed by atoms with Crippen LogP contribution < -0.4 is 9.47 Å². The molecule has 1 aromatic heterocycles. The van der Waals surface area contributed by atoms with Gasteiger partial charge in [-0.25, -0.2) is 8.42 Å². The molecule has 0 saturated heterocycles. The van der Waals surface area contributed by atoms with Gasteiger partial charge in [-0.05, 0) is 111 Å². The van der Waals surface area contributed by atoms with Crippen molar-refractivity contribution in [3.05, 3.63) is 111 Å². The molecule has 300 valence electrons. The van der Waals surface area contributed by atoms with Crippen molar-refractivity contribution in [1.29, 1.82) is 0 Å². The Morgan fingerprint density at radius 3 is 2.23 bits per heavy atom. The molecular formula is C46H52N2O3S6. The van der Waals surface area contributed by atoms with Crippen molar-refractivity contribution < 1.29 is 17.5 Å². The predicted octanol–water partition coefficient (Wildman–Crippen LogP) is 13.1. The zero-order chi connectivity index (χ0) is 39.2. The van der Waals surface area contributed by atoms with Crippen LogP contribution in [0.5, 0.6) is 0 Å². The maximum Gasteiger partial charge on any atom is 0.262 e. The summed E-state index contributed by atoms with van der Waals surface area (Å²) in [6, 6.07) is 24.4. The van der Waals surface area contributed by atoms with Crippen LogP contribution in [0, 0.1) is 0 Å². The molecule has 4 aromatic rings. The van der Waals surface area contributed by atoms with Crippen LogP contribution in [0.1, 0.15) is 94.9 Å². The molecular weight excluding hydrogens is 821 g/mol. The molecule has 57 heavy (non-hydrogen) atoms. The van der Waals surface area contributed by atoms with Gasteiger partial charge in [0, 0.05) is 59.4 Å². The summed E-state index contributed by atoms with van der Waals surface area (Å²) < 4.78 is 38.6. The van der Waals surface area contributed by atoms with Gasteiger partial charge in [0.25, 0.3) is 5.01 Å². The second kappa shape index (κ2) is 19.3. The summed E-state index contributed by atoms with van der Waals surface area (Å²) in [4.78, 5) is 8.60. The van der Waals surface area contributed by atoms with Crippen LogP contribution in [0.15, 0.2) is 126 Å². The van der Waals surface area contributed by atoms with Crippen molar-refractivity contribution in [2.24, 2.45) is 7.05 Å². The van der Waals surface area contributed by atoms with Crippen LogP contribution >= 0.6 is 58.4 Å². The number of aryl methyl sites for hydroxylation is 1. The number of hydrogen-bond donors (Lipinski definition) is 0. The van der Waals surface area contributed by atoms with Gasteiger partial charge in [-0.3, -0.25) is 0 Å². The fourth-order valence-electron chi connectivity index (χ4n) is 8.33. The molecule has 0 atom stereocenters. The van der Waals surface area contributed by atoms with E-state index >= 15 is 0 Å². The molecule has 2 heterocycles. The molecule has 0 radical (unpaired) electrons. The van der Waals surface area contributed by atoms with Gasteiger partial charge in [-0.15, -0.1) is 23.5 Å². The van der Waals surface area contributed by atoms with E-state index < -0.39 is 10.1 Å². The summed E-state index contributed by atoms with van der Waals surface area (Å²) in [6.07, 6.45) is 25.8. The van der Waals surface area contributed by atoms with Crippen LogP contribution in [0.25, 0.3) is 16.3 Å². The van der Waals surface area contributed by atoms with E-state index in [1.54, 1.807) is 11.8 Å². The fraction of sp³-hybridized carbons (Fsp3) is 0.413. The van der Waals surface area contributed by atoms with Crippen molar-refractivity contribution in [2.45, 2.75) is 120 Å². The highest BCUT2D eigenvalue weighted by Gasteiger charge is 2.27. The third kappa shape index (κ3) is 10.9. The summed E-state index contributed by atoms with van der Waals surface area (Å²) >= 11 is 9.49. The van der Waals surface area contributed by atoms with Gasteiger partial charge in [0.2, 0.25) is 5.52 Å². The molecule has 0 N–H and O–H groups in total. The standard InChI is InChI=1S/C46H52N2O3S6/c1-47-40-31-38(52-35-15-5-2-6-16-35)23-25-42(40)55-44(47)27-21-33-13-11-14-34(46(33)54-37-19-9-4-10-20-37)22-28-45-48(29-12-30-57(49,50)51)41-32-39(24-26-43(41)56-45)53-36-17-7-3-8-18-36/h4,9-10,19-28,31-32,35-36H,2-3,5-8,11-18,29-30H2,1H3. The molecule has 4 aliphatic rings. The molecule has 3 aliphatic carbocycles. The first-order valence-electron chi connectivity index (χ1n) is 20.6. The minimum atomic E-state index is -4.29. The van der Waals surface area contributed by atoms with E-state index in [0.29, 0.717) is 18.2 Å². The van der Waals surface area contributed by atoms with E-state index in [1.807, 2.05) is 34.9 Å². The minimum Gasteiger partial charge on any atom is -0.748 e. The Bertz CT molecular complexity index is 2280. The Kier molecular flexibility index (Phi) is 14.0. The first-order valence-corrected chi connectivity index (χ1v) is 26.4. The Balaban J connectivity index is 1.09. The highest BCUT2D eigenvalue weighted by atomic mass is 32.2. The average molecular weight is 873 g/mol. The number of fused-ring (bicyclic) bond motifs is 2. The number of allylic oxidation sites excluding steroid dienone is 5. The number of anilines is 1. The molecule has 2 fully saturated rings. The molecule has 11 heteroatoms. The molecule has 0 unspecified atom stereocenters. The summed E-state index contributed by atoms with van der Waals surface area (Å²) in [5.41, 5.74) is 5.09. The summed E-state index contributed by atoms with van der Waals surface area (Å²) in [7, 11) is -2.09. The van der Waals surface area contributed by atoms with Crippen molar-refractivity contribution in [1.82, 2.24) is 0 Å². The van der Waals surface area contributed by atoms with Gasteiger partial charge in [0.1, 0.15) is 11.7 Å². The van der Waals surface area contributed by atoms with Crippen LogP contribution in [0.3, 0.4) is 0 Å². The van der Waals surface area contributed by atoms with Gasteiger partial charge in [0.15, 0.2) is 0 Å². The summed E-state index contributed by atoms with van der Waals surface area (Å²) in [5, 5.41) is 3.71. The lowest BCUT2D eigenvalue weighted by molar-refractivity contribution is -0.642. The molecule has 0 bridgehead atoms. The van der Waals surface area contributed by atoms with Gasteiger partial charge >= 0.3 is 0 Å². The SMILES string of the molecule is C[n+]1c(/C=C/C2=C(Sc3ccccc3)C(=C/C=C3\Sc4ccc(SC5CCCCC5)cc4N3CCCS(=O)(=O)[O-])/CCC2)sc2ccc(SC3CCCCC3)cc21. The Morgan fingerprint density at radius 1 is 0.807 bits per heavy atom. The van der Waals surface area contributed by atoms with Crippen LogP contribution in [0.4, 0.5) is 5.69 Å². The Labute approximate surface area is 360 Å². The number of rotatable bonds is 13. The van der Waals surface area contributed by atoms with Gasteiger partial charge in [-0.2, -0.15) is 4.57 Å². The molecule has 8 rings (SSSR count). The molecule has 2 saturated carbocycles. The topological polar surface area (TPSA) is 64.3 Å². The zero-order valence-corrected chi connectivity index (χ0v) is 37.6. The lowest BCUT2D eigenvalue weighted by Gasteiger charge is -2.24. The number of benzene rings is 3. The molecule has 1 aliphatic heterocycles. The van der Waals surface area contributed by atoms with Crippen molar-refractivity contribution in [2.75, 3.05) is 17.2 Å². The van der Waals surface area contributed by atoms with E-state index in [0.717, 1.165) is 35.2 Å². The normalized spacial score (nSPS) is 20.1. The van der Waals surface area contributed by atoms with Crippen LogP contribution in [-0.2, 0) is 17.2 Å². The lowest BCUT2D eigenvalue weighted by atomic mass is 9.94. The third-order valence-electron chi connectivity index (χ3n) is 11.3.